The Morgan fingerprint density at radius 3 is 1.67 bits per heavy atom. The van der Waals surface area contributed by atoms with E-state index in [1.54, 1.807) is 0 Å². The van der Waals surface area contributed by atoms with E-state index in [9.17, 15) is 0 Å². The number of rotatable bonds is 3. The van der Waals surface area contributed by atoms with Crippen molar-refractivity contribution in [2.75, 3.05) is 9.71 Å². The Kier molecular flexibility index (Phi) is 9.39. The van der Waals surface area contributed by atoms with Gasteiger partial charge in [0, 0.05) is 33.6 Å². The molecule has 6 aromatic carbocycles. The van der Waals surface area contributed by atoms with Crippen LogP contribution in [0.3, 0.4) is 0 Å². The summed E-state index contributed by atoms with van der Waals surface area (Å²) in [6.07, 6.45) is 4.64. The molecular weight excluding hydrogens is 812 g/mol. The molecular formula is C63H71BN2O. The molecule has 3 heterocycles. The van der Waals surface area contributed by atoms with Crippen LogP contribution in [0, 0.1) is 6.92 Å². The van der Waals surface area contributed by atoms with Gasteiger partial charge in [-0.25, -0.2) is 0 Å². The first-order valence-corrected chi connectivity index (χ1v) is 25.2. The predicted octanol–water partition coefficient (Wildman–Crippen LogP) is 16.4. The normalized spacial score (nSPS) is 18.5. The fraction of sp³-hybridized carbons (Fsp3) is 0.397. The predicted molar refractivity (Wildman–Crippen MR) is 288 cm³/mol. The molecule has 0 atom stereocenters. The molecule has 0 fully saturated rings. The van der Waals surface area contributed by atoms with Crippen molar-refractivity contribution in [1.29, 1.82) is 0 Å². The van der Waals surface area contributed by atoms with E-state index in [4.69, 9.17) is 4.42 Å². The molecule has 2 aliphatic heterocycles. The van der Waals surface area contributed by atoms with Gasteiger partial charge >= 0.3 is 6.85 Å². The lowest BCUT2D eigenvalue weighted by atomic mass is 9.45. The average molecular weight is 883 g/mol. The summed E-state index contributed by atoms with van der Waals surface area (Å²) < 4.78 is 7.72. The van der Waals surface area contributed by atoms with Crippen LogP contribution >= 0.6 is 0 Å². The van der Waals surface area contributed by atoms with Crippen LogP contribution in [0.1, 0.15) is 162 Å². The minimum Gasteiger partial charge on any atom is -0.466 e. The maximum absolute atomic E-state index is 7.72. The average Bonchev–Trinajstić information content (AvgIpc) is 3.64. The lowest BCUT2D eigenvalue weighted by molar-refractivity contribution is 0.332. The summed E-state index contributed by atoms with van der Waals surface area (Å²) in [6.45, 7) is 35.6. The Balaban J connectivity index is 1.29. The van der Waals surface area contributed by atoms with Crippen LogP contribution in [0.15, 0.2) is 114 Å². The highest BCUT2D eigenvalue weighted by atomic mass is 16.3. The zero-order valence-electron chi connectivity index (χ0n) is 43.1. The van der Waals surface area contributed by atoms with Crippen molar-refractivity contribution < 1.29 is 4.42 Å². The number of nitrogens with zero attached hydrogens (tertiary/aromatic N) is 2. The van der Waals surface area contributed by atoms with Gasteiger partial charge in [-0.05, 0) is 175 Å². The smallest absolute Gasteiger partial charge is 0.375 e. The molecule has 0 saturated carbocycles. The number of hydrogen-bond donors (Lipinski definition) is 0. The van der Waals surface area contributed by atoms with Crippen molar-refractivity contribution >= 4 is 57.4 Å². The highest BCUT2D eigenvalue weighted by Crippen LogP contribution is 2.55. The van der Waals surface area contributed by atoms with E-state index in [2.05, 4.69) is 223 Å². The van der Waals surface area contributed by atoms with Crippen LogP contribution in [0.25, 0.3) is 33.2 Å². The zero-order valence-corrected chi connectivity index (χ0v) is 43.1. The Morgan fingerprint density at radius 2 is 1.06 bits per heavy atom. The van der Waals surface area contributed by atoms with Crippen molar-refractivity contribution in [3.63, 3.8) is 0 Å². The first-order chi connectivity index (χ1) is 31.4. The fourth-order valence-electron chi connectivity index (χ4n) is 12.4. The largest absolute Gasteiger partial charge is 0.466 e. The third-order valence-electron chi connectivity index (χ3n) is 16.9. The third-order valence-corrected chi connectivity index (χ3v) is 16.9. The molecule has 342 valence electrons. The van der Waals surface area contributed by atoms with Crippen LogP contribution in [0.4, 0.5) is 28.4 Å². The monoisotopic (exact) mass is 883 g/mol. The molecule has 4 aliphatic rings. The molecule has 2 aliphatic carbocycles. The zero-order chi connectivity index (χ0) is 47.5. The lowest BCUT2D eigenvalue weighted by Crippen LogP contribution is -2.61. The van der Waals surface area contributed by atoms with Gasteiger partial charge in [-0.2, -0.15) is 0 Å². The standard InChI is InChI=1S/C63H71BN2O/c1-38-31-45-44-34-41(59(5,6)7)22-26-52(44)66(42-23-24-47-48(35-42)61(10,11)28-27-60(47,8)9)64-55(45)53(32-38)65(51-25-21-40(58(2,3)4)33-43(51)39-19-17-16-18-20-39)56-46-36-49-50(37-54(46)67-57(56)64)63(14,15)30-29-62(49,12)13/h16-26,31-37H,27-30H2,1-15H3. The van der Waals surface area contributed by atoms with Crippen molar-refractivity contribution in [2.45, 2.75) is 162 Å². The molecule has 0 spiro atoms. The molecule has 0 bridgehead atoms. The molecule has 0 saturated heterocycles. The first-order valence-electron chi connectivity index (χ1n) is 25.2. The van der Waals surface area contributed by atoms with E-state index < -0.39 is 0 Å². The van der Waals surface area contributed by atoms with Gasteiger partial charge < -0.3 is 14.1 Å². The minimum atomic E-state index is -0.220. The maximum atomic E-state index is 7.72. The van der Waals surface area contributed by atoms with Crippen LogP contribution in [0.5, 0.6) is 0 Å². The number of fused-ring (bicyclic) bond motifs is 8. The molecule has 3 nitrogen and oxygen atoms in total. The van der Waals surface area contributed by atoms with Gasteiger partial charge in [-0.3, -0.25) is 0 Å². The van der Waals surface area contributed by atoms with Gasteiger partial charge in [0.15, 0.2) is 0 Å². The van der Waals surface area contributed by atoms with Gasteiger partial charge in [-0.1, -0.05) is 152 Å². The van der Waals surface area contributed by atoms with E-state index in [1.807, 2.05) is 0 Å². The highest BCUT2D eigenvalue weighted by Gasteiger charge is 2.50. The molecule has 1 aromatic heterocycles. The summed E-state index contributed by atoms with van der Waals surface area (Å²) >= 11 is 0. The number of anilines is 5. The van der Waals surface area contributed by atoms with Crippen molar-refractivity contribution in [2.24, 2.45) is 0 Å². The quantitative estimate of drug-likeness (QED) is 0.165. The molecule has 7 aromatic rings. The van der Waals surface area contributed by atoms with Crippen molar-refractivity contribution in [3.05, 3.63) is 148 Å². The maximum Gasteiger partial charge on any atom is 0.375 e. The summed E-state index contributed by atoms with van der Waals surface area (Å²) in [7, 11) is 0. The Hall–Kier alpha value is -5.48. The van der Waals surface area contributed by atoms with E-state index in [1.165, 1.54) is 101 Å². The minimum absolute atomic E-state index is 0.0260. The van der Waals surface area contributed by atoms with Gasteiger partial charge in [0.2, 0.25) is 0 Å². The number of aryl methyl sites for hydroxylation is 1. The van der Waals surface area contributed by atoms with Gasteiger partial charge in [0.1, 0.15) is 11.2 Å². The van der Waals surface area contributed by atoms with Gasteiger partial charge in [-0.15, -0.1) is 0 Å². The van der Waals surface area contributed by atoms with Crippen LogP contribution < -0.4 is 20.8 Å². The molecule has 67 heavy (non-hydrogen) atoms. The third kappa shape index (κ3) is 6.73. The molecule has 0 unspecified atom stereocenters. The number of hydrogen-bond acceptors (Lipinski definition) is 3. The second-order valence-corrected chi connectivity index (χ2v) is 25.7. The Bertz CT molecular complexity index is 3180. The summed E-state index contributed by atoms with van der Waals surface area (Å²) in [5, 5.41) is 1.19. The van der Waals surface area contributed by atoms with E-state index in [0.29, 0.717) is 0 Å². The second kappa shape index (κ2) is 14.3. The van der Waals surface area contributed by atoms with E-state index in [-0.39, 0.29) is 39.3 Å². The Morgan fingerprint density at radius 1 is 0.507 bits per heavy atom. The number of furan rings is 1. The van der Waals surface area contributed by atoms with Gasteiger partial charge in [0.05, 0.1) is 11.4 Å². The second-order valence-electron chi connectivity index (χ2n) is 25.7. The van der Waals surface area contributed by atoms with Crippen LogP contribution in [-0.2, 0) is 32.5 Å². The van der Waals surface area contributed by atoms with Crippen LogP contribution in [-0.4, -0.2) is 6.85 Å². The van der Waals surface area contributed by atoms with Gasteiger partial charge in [0.25, 0.3) is 0 Å². The molecule has 0 amide bonds. The first kappa shape index (κ1) is 44.1. The molecule has 11 rings (SSSR count). The van der Waals surface area contributed by atoms with Crippen LogP contribution in [0.2, 0.25) is 0 Å². The molecule has 0 N–H and O–H groups in total. The molecule has 4 heteroatoms. The van der Waals surface area contributed by atoms with E-state index in [0.717, 1.165) is 36.2 Å². The topological polar surface area (TPSA) is 19.6 Å². The van der Waals surface area contributed by atoms with E-state index >= 15 is 0 Å². The summed E-state index contributed by atoms with van der Waals surface area (Å²) in [5.41, 5.74) is 24.2. The SMILES string of the molecule is Cc1cc2c3c(c1)N(c1ccc(C(C)(C)C)cc1-c1ccccc1)c1c(oc4cc5c(cc14)C(C)(C)CCC5(C)C)B3N(c1ccc3c(c1)C(C)(C)CCC3(C)C)c1ccc(C(C)(C)C)cc1-2. The highest BCUT2D eigenvalue weighted by molar-refractivity contribution is 6.93. The molecule has 0 radical (unpaired) electrons. The number of benzene rings is 6. The Labute approximate surface area is 402 Å². The van der Waals surface area contributed by atoms with Crippen molar-refractivity contribution in [1.82, 2.24) is 0 Å². The summed E-state index contributed by atoms with van der Waals surface area (Å²) in [4.78, 5) is 5.30. The van der Waals surface area contributed by atoms with Crippen molar-refractivity contribution in [3.8, 4) is 22.3 Å². The summed E-state index contributed by atoms with van der Waals surface area (Å²) in [5.74, 6) is 0. The fourth-order valence-corrected chi connectivity index (χ4v) is 12.4. The lowest BCUT2D eigenvalue weighted by Gasteiger charge is -2.46. The summed E-state index contributed by atoms with van der Waals surface area (Å²) in [6, 6.07) is 43.0.